The van der Waals surface area contributed by atoms with Gasteiger partial charge in [0.05, 0.1) is 24.3 Å². The molecule has 42 heavy (non-hydrogen) atoms. The van der Waals surface area contributed by atoms with Crippen LogP contribution in [0, 0.1) is 11.3 Å². The molecule has 0 N–H and O–H groups in total. The average Bonchev–Trinajstić information content (AvgIpc) is 3.62. The van der Waals surface area contributed by atoms with Crippen LogP contribution in [0.4, 0.5) is 10.5 Å². The highest BCUT2D eigenvalue weighted by molar-refractivity contribution is 7.91. The minimum Gasteiger partial charge on any atom is -0.444 e. The zero-order chi connectivity index (χ0) is 30.0. The van der Waals surface area contributed by atoms with E-state index in [2.05, 4.69) is 21.1 Å². The topological polar surface area (TPSA) is 126 Å². The van der Waals surface area contributed by atoms with E-state index in [0.717, 1.165) is 18.5 Å². The molecule has 1 aliphatic carbocycles. The number of allylic oxidation sites excluding steroid dienone is 3. The summed E-state index contributed by atoms with van der Waals surface area (Å²) in [5, 5.41) is 14.9. The number of nitrogens with zero attached hydrogens (tertiary/aromatic N) is 7. The molecule has 0 spiro atoms. The molecule has 4 unspecified atom stereocenters. The first-order chi connectivity index (χ1) is 19.8. The fraction of sp³-hybridized carbons (Fsp3) is 0.467. The standard InChI is InChI=1S/C30H35N7O4S/c1-29(2,3)41-28(38)37-22-8-9-23(37)19-35(18-22)25-10-13-32-27-24(25)11-14-36(27)42(39,40)30(4)12-6-7-20(15-31)26(30)21-16-33-34(5)17-21/h6-7,10-14,16-17,22-23,26H,8-9,18-19H2,1-5H3. The molecule has 220 valence electrons. The maximum absolute atomic E-state index is 14.5. The number of anilines is 1. The van der Waals surface area contributed by atoms with Gasteiger partial charge in [0.25, 0.3) is 0 Å². The van der Waals surface area contributed by atoms with Crippen molar-refractivity contribution in [1.82, 2.24) is 23.6 Å². The van der Waals surface area contributed by atoms with Gasteiger partial charge >= 0.3 is 6.09 Å². The van der Waals surface area contributed by atoms with E-state index in [0.29, 0.717) is 35.3 Å². The van der Waals surface area contributed by atoms with Crippen LogP contribution in [0.3, 0.4) is 0 Å². The third kappa shape index (κ3) is 4.38. The normalized spacial score (nSPS) is 25.9. The second-order valence-corrected chi connectivity index (χ2v) is 14.7. The number of ether oxygens (including phenoxy) is 1. The number of hydrogen-bond acceptors (Lipinski definition) is 8. The molecule has 1 amide bonds. The van der Waals surface area contributed by atoms with Crippen LogP contribution < -0.4 is 4.90 Å². The Kier molecular flexibility index (Phi) is 6.49. The van der Waals surface area contributed by atoms with Gasteiger partial charge < -0.3 is 9.64 Å². The van der Waals surface area contributed by atoms with E-state index < -0.39 is 26.3 Å². The summed E-state index contributed by atoms with van der Waals surface area (Å²) in [4.78, 5) is 21.6. The van der Waals surface area contributed by atoms with E-state index in [9.17, 15) is 18.5 Å². The quantitative estimate of drug-likeness (QED) is 0.445. The number of nitriles is 1. The van der Waals surface area contributed by atoms with Crippen molar-refractivity contribution in [3.63, 3.8) is 0 Å². The number of carbonyl (C=O) groups excluding carboxylic acids is 1. The van der Waals surface area contributed by atoms with Crippen LogP contribution in [-0.4, -0.2) is 73.7 Å². The van der Waals surface area contributed by atoms with Crippen molar-refractivity contribution in [1.29, 1.82) is 5.26 Å². The third-order valence-corrected chi connectivity index (χ3v) is 10.8. The van der Waals surface area contributed by atoms with Gasteiger partial charge in [0.2, 0.25) is 10.0 Å². The number of carbonyl (C=O) groups is 1. The second-order valence-electron chi connectivity index (χ2n) is 12.5. The monoisotopic (exact) mass is 589 g/mol. The number of amides is 1. The summed E-state index contributed by atoms with van der Waals surface area (Å²) in [7, 11) is -2.36. The highest BCUT2D eigenvalue weighted by Crippen LogP contribution is 2.45. The molecule has 3 aromatic heterocycles. The van der Waals surface area contributed by atoms with Gasteiger partial charge in [0, 0.05) is 66.9 Å². The lowest BCUT2D eigenvalue weighted by molar-refractivity contribution is 0.0123. The van der Waals surface area contributed by atoms with Crippen LogP contribution in [0.2, 0.25) is 0 Å². The molecule has 2 fully saturated rings. The molecule has 11 nitrogen and oxygen atoms in total. The van der Waals surface area contributed by atoms with Gasteiger partial charge in [-0.15, -0.1) is 0 Å². The molecule has 2 saturated heterocycles. The summed E-state index contributed by atoms with van der Waals surface area (Å²) in [6, 6.07) is 5.91. The van der Waals surface area contributed by atoms with Crippen molar-refractivity contribution in [3.05, 3.63) is 66.3 Å². The molecule has 4 atom stereocenters. The Morgan fingerprint density at radius 1 is 1.19 bits per heavy atom. The Morgan fingerprint density at radius 2 is 1.90 bits per heavy atom. The maximum Gasteiger partial charge on any atom is 0.410 e. The largest absolute Gasteiger partial charge is 0.444 e. The number of pyridine rings is 1. The molecule has 2 bridgehead atoms. The van der Waals surface area contributed by atoms with Gasteiger partial charge in [-0.3, -0.25) is 9.58 Å². The molecule has 12 heteroatoms. The van der Waals surface area contributed by atoms with Gasteiger partial charge in [-0.25, -0.2) is 22.2 Å². The Balaban J connectivity index is 1.35. The Morgan fingerprint density at radius 3 is 2.52 bits per heavy atom. The molecular weight excluding hydrogens is 554 g/mol. The summed E-state index contributed by atoms with van der Waals surface area (Å²) in [5.41, 5.74) is 1.62. The van der Waals surface area contributed by atoms with Crippen molar-refractivity contribution < 1.29 is 17.9 Å². The Bertz CT molecular complexity index is 1760. The van der Waals surface area contributed by atoms with Crippen LogP contribution in [0.15, 0.2) is 60.7 Å². The molecule has 6 rings (SSSR count). The van der Waals surface area contributed by atoms with Gasteiger partial charge in [-0.2, -0.15) is 10.4 Å². The van der Waals surface area contributed by atoms with E-state index >= 15 is 0 Å². The molecule has 2 aliphatic heterocycles. The first-order valence-corrected chi connectivity index (χ1v) is 15.5. The first-order valence-electron chi connectivity index (χ1n) is 14.1. The Labute approximate surface area is 245 Å². The van der Waals surface area contributed by atoms with E-state index in [4.69, 9.17) is 4.74 Å². The minimum absolute atomic E-state index is 0.00958. The van der Waals surface area contributed by atoms with E-state index in [-0.39, 0.29) is 18.2 Å². The second kappa shape index (κ2) is 9.73. The highest BCUT2D eigenvalue weighted by Gasteiger charge is 2.50. The van der Waals surface area contributed by atoms with Crippen LogP contribution in [0.1, 0.15) is 52.0 Å². The van der Waals surface area contributed by atoms with Crippen molar-refractivity contribution >= 4 is 32.8 Å². The molecular formula is C30H35N7O4S. The smallest absolute Gasteiger partial charge is 0.410 e. The van der Waals surface area contributed by atoms with Crippen LogP contribution in [0.5, 0.6) is 0 Å². The number of fused-ring (bicyclic) bond motifs is 3. The number of hydrogen-bond donors (Lipinski definition) is 0. The number of piperazine rings is 1. The zero-order valence-corrected chi connectivity index (χ0v) is 25.2. The fourth-order valence-corrected chi connectivity index (χ4v) is 8.50. The van der Waals surface area contributed by atoms with Crippen molar-refractivity contribution in [2.24, 2.45) is 7.05 Å². The fourth-order valence-electron chi connectivity index (χ4n) is 6.68. The third-order valence-electron chi connectivity index (χ3n) is 8.55. The predicted octanol–water partition coefficient (Wildman–Crippen LogP) is 4.10. The lowest BCUT2D eigenvalue weighted by Crippen LogP contribution is -2.56. The van der Waals surface area contributed by atoms with E-state index in [1.807, 2.05) is 31.7 Å². The average molecular weight is 590 g/mol. The molecule has 0 saturated carbocycles. The van der Waals surface area contributed by atoms with Crippen molar-refractivity contribution in [2.75, 3.05) is 18.0 Å². The summed E-state index contributed by atoms with van der Waals surface area (Å²) in [6.07, 6.45) is 13.0. The highest BCUT2D eigenvalue weighted by atomic mass is 32.2. The Hall–Kier alpha value is -4.11. The molecule has 5 heterocycles. The molecule has 0 radical (unpaired) electrons. The summed E-state index contributed by atoms with van der Waals surface area (Å²) < 4.78 is 36.1. The number of rotatable bonds is 4. The van der Waals surface area contributed by atoms with Crippen LogP contribution >= 0.6 is 0 Å². The number of aromatic nitrogens is 4. The maximum atomic E-state index is 14.5. The minimum atomic E-state index is -4.12. The van der Waals surface area contributed by atoms with Gasteiger partial charge in [-0.05, 0) is 58.7 Å². The summed E-state index contributed by atoms with van der Waals surface area (Å²) in [6.45, 7) is 8.49. The lowest BCUT2D eigenvalue weighted by atomic mass is 9.79. The predicted molar refractivity (Wildman–Crippen MR) is 158 cm³/mol. The van der Waals surface area contributed by atoms with E-state index in [1.165, 1.54) is 3.97 Å². The van der Waals surface area contributed by atoms with Gasteiger partial charge in [0.1, 0.15) is 10.3 Å². The SMILES string of the molecule is Cn1cc(C2C(C#N)=CC=CC2(C)S(=O)(=O)n2ccc3c(N4CC5CCC(C4)N5C(=O)OC(C)(C)C)ccnc32)cn1. The van der Waals surface area contributed by atoms with Gasteiger partial charge in [-0.1, -0.05) is 12.2 Å². The summed E-state index contributed by atoms with van der Waals surface area (Å²) in [5.74, 6) is -0.747. The number of aryl methyl sites for hydroxylation is 1. The molecule has 3 aromatic rings. The molecule has 3 aliphatic rings. The van der Waals surface area contributed by atoms with E-state index in [1.54, 1.807) is 67.7 Å². The van der Waals surface area contributed by atoms with Crippen molar-refractivity contribution in [3.8, 4) is 6.07 Å². The van der Waals surface area contributed by atoms with Crippen LogP contribution in [0.25, 0.3) is 11.0 Å². The summed E-state index contributed by atoms with van der Waals surface area (Å²) >= 11 is 0. The molecule has 0 aromatic carbocycles. The van der Waals surface area contributed by atoms with Gasteiger partial charge in [0.15, 0.2) is 5.65 Å². The zero-order valence-electron chi connectivity index (χ0n) is 24.4. The lowest BCUT2D eigenvalue weighted by Gasteiger charge is -2.42. The first kappa shape index (κ1) is 28.0. The van der Waals surface area contributed by atoms with Crippen LogP contribution in [-0.2, 0) is 21.8 Å². The van der Waals surface area contributed by atoms with Crippen molar-refractivity contribution in [2.45, 2.75) is 68.9 Å².